The lowest BCUT2D eigenvalue weighted by molar-refractivity contribution is 0.178. The van der Waals surface area contributed by atoms with Gasteiger partial charge in [0.2, 0.25) is 0 Å². The number of nitrogens with two attached hydrogens (primary N) is 1. The molecule has 2 unspecified atom stereocenters. The van der Waals surface area contributed by atoms with Gasteiger partial charge in [-0.1, -0.05) is 0 Å². The van der Waals surface area contributed by atoms with Crippen molar-refractivity contribution < 1.29 is 5.11 Å². The third kappa shape index (κ3) is 2.47. The van der Waals surface area contributed by atoms with E-state index in [1.165, 1.54) is 0 Å². The zero-order valence-electron chi connectivity index (χ0n) is 10.6. The maximum Gasteiger partial charge on any atom is 0.180 e. The molecule has 0 saturated heterocycles. The van der Waals surface area contributed by atoms with Crippen LogP contribution < -0.4 is 16.6 Å². The maximum atomic E-state index is 9.53. The zero-order valence-corrected chi connectivity index (χ0v) is 10.6. The van der Waals surface area contributed by atoms with Crippen LogP contribution in [0.1, 0.15) is 19.3 Å². The van der Waals surface area contributed by atoms with Crippen LogP contribution >= 0.6 is 0 Å². The second-order valence-corrected chi connectivity index (χ2v) is 4.99. The van der Waals surface area contributed by atoms with Crippen LogP contribution in [-0.2, 0) is 0 Å². The molecular formula is C12H18N6O. The number of imidazole rings is 1. The number of nitrogens with zero attached hydrogens (tertiary/aromatic N) is 3. The standard InChI is InChI=1S/C12H18N6O/c13-17-10-7-18-4-3-14-12(18)11(16-10)15-6-8-1-2-9(19)5-8/h3-4,7-9,17,19H,1-2,5-6,13H2,(H,15,16). The fourth-order valence-corrected chi connectivity index (χ4v) is 2.59. The molecule has 19 heavy (non-hydrogen) atoms. The number of nitrogen functional groups attached to an aromatic ring is 1. The number of hydrogen-bond acceptors (Lipinski definition) is 6. The summed E-state index contributed by atoms with van der Waals surface area (Å²) in [6.45, 7) is 0.792. The van der Waals surface area contributed by atoms with Gasteiger partial charge in [-0.2, -0.15) is 0 Å². The van der Waals surface area contributed by atoms with Gasteiger partial charge in [-0.3, -0.25) is 0 Å². The van der Waals surface area contributed by atoms with Gasteiger partial charge in [0.15, 0.2) is 17.3 Å². The van der Waals surface area contributed by atoms with E-state index in [0.29, 0.717) is 17.6 Å². The lowest BCUT2D eigenvalue weighted by atomic mass is 10.1. The number of aliphatic hydroxyl groups excluding tert-OH is 1. The molecule has 0 aliphatic heterocycles. The Labute approximate surface area is 110 Å². The van der Waals surface area contributed by atoms with E-state index in [1.54, 1.807) is 12.4 Å². The molecule has 2 aromatic rings. The van der Waals surface area contributed by atoms with Crippen molar-refractivity contribution in [3.05, 3.63) is 18.6 Å². The normalized spacial score (nSPS) is 22.8. The summed E-state index contributed by atoms with van der Waals surface area (Å²) in [6.07, 6.45) is 8.00. The molecule has 3 rings (SSSR count). The van der Waals surface area contributed by atoms with Gasteiger partial charge >= 0.3 is 0 Å². The smallest absolute Gasteiger partial charge is 0.180 e. The Kier molecular flexibility index (Phi) is 3.22. The molecule has 1 aliphatic carbocycles. The second-order valence-electron chi connectivity index (χ2n) is 4.99. The summed E-state index contributed by atoms with van der Waals surface area (Å²) >= 11 is 0. The molecule has 102 valence electrons. The molecule has 0 aromatic carbocycles. The lowest BCUT2D eigenvalue weighted by Gasteiger charge is -2.13. The fraction of sp³-hybridized carbons (Fsp3) is 0.500. The van der Waals surface area contributed by atoms with Crippen molar-refractivity contribution >= 4 is 17.3 Å². The Bertz CT molecular complexity index is 568. The van der Waals surface area contributed by atoms with Crippen LogP contribution in [-0.4, -0.2) is 32.1 Å². The van der Waals surface area contributed by atoms with E-state index in [2.05, 4.69) is 20.7 Å². The van der Waals surface area contributed by atoms with E-state index < -0.39 is 0 Å². The van der Waals surface area contributed by atoms with Gasteiger partial charge in [-0.15, -0.1) is 0 Å². The van der Waals surface area contributed by atoms with E-state index >= 15 is 0 Å². The van der Waals surface area contributed by atoms with E-state index in [9.17, 15) is 5.11 Å². The molecular weight excluding hydrogens is 244 g/mol. The first kappa shape index (κ1) is 12.2. The molecule has 0 radical (unpaired) electrons. The van der Waals surface area contributed by atoms with Crippen LogP contribution in [0.2, 0.25) is 0 Å². The van der Waals surface area contributed by atoms with Crippen LogP contribution in [0.25, 0.3) is 5.65 Å². The highest BCUT2D eigenvalue weighted by Gasteiger charge is 2.22. The molecule has 0 amide bonds. The predicted molar refractivity (Wildman–Crippen MR) is 72.6 cm³/mol. The van der Waals surface area contributed by atoms with Gasteiger partial charge in [0.1, 0.15) is 0 Å². The minimum absolute atomic E-state index is 0.150. The minimum Gasteiger partial charge on any atom is -0.393 e. The topological polar surface area (TPSA) is 100 Å². The third-order valence-corrected chi connectivity index (χ3v) is 3.59. The van der Waals surface area contributed by atoms with Crippen LogP contribution in [0.3, 0.4) is 0 Å². The van der Waals surface area contributed by atoms with E-state index in [1.807, 2.05) is 10.6 Å². The van der Waals surface area contributed by atoms with Gasteiger partial charge in [-0.05, 0) is 25.2 Å². The monoisotopic (exact) mass is 262 g/mol. The number of nitrogens with one attached hydrogen (secondary N) is 2. The Morgan fingerprint density at radius 1 is 1.47 bits per heavy atom. The van der Waals surface area contributed by atoms with Crippen LogP contribution in [0.4, 0.5) is 11.6 Å². The average Bonchev–Trinajstić information content (AvgIpc) is 3.04. The minimum atomic E-state index is -0.150. The van der Waals surface area contributed by atoms with E-state index in [0.717, 1.165) is 31.5 Å². The molecule has 0 spiro atoms. The lowest BCUT2D eigenvalue weighted by Crippen LogP contribution is -2.16. The van der Waals surface area contributed by atoms with E-state index in [-0.39, 0.29) is 6.10 Å². The Balaban J connectivity index is 1.77. The van der Waals surface area contributed by atoms with Crippen LogP contribution in [0.5, 0.6) is 0 Å². The summed E-state index contributed by atoms with van der Waals surface area (Å²) in [6, 6.07) is 0. The van der Waals surface area contributed by atoms with Crippen molar-refractivity contribution in [2.45, 2.75) is 25.4 Å². The zero-order chi connectivity index (χ0) is 13.2. The number of rotatable bonds is 4. The first-order valence-electron chi connectivity index (χ1n) is 6.48. The maximum absolute atomic E-state index is 9.53. The molecule has 2 aromatic heterocycles. The number of hydrazine groups is 1. The van der Waals surface area contributed by atoms with Crippen molar-refractivity contribution in [1.29, 1.82) is 0 Å². The molecule has 2 atom stereocenters. The number of aliphatic hydroxyl groups is 1. The average molecular weight is 262 g/mol. The summed E-state index contributed by atoms with van der Waals surface area (Å²) in [5.74, 6) is 7.19. The van der Waals surface area contributed by atoms with Gasteiger partial charge in [-0.25, -0.2) is 15.8 Å². The molecule has 5 N–H and O–H groups in total. The van der Waals surface area contributed by atoms with E-state index in [4.69, 9.17) is 5.84 Å². The summed E-state index contributed by atoms with van der Waals surface area (Å²) in [5, 5.41) is 12.8. The largest absolute Gasteiger partial charge is 0.393 e. The molecule has 2 heterocycles. The number of hydrogen-bond donors (Lipinski definition) is 4. The number of aromatic nitrogens is 3. The first-order chi connectivity index (χ1) is 9.26. The summed E-state index contributed by atoms with van der Waals surface area (Å²) in [5.41, 5.74) is 3.32. The number of anilines is 2. The number of fused-ring (bicyclic) bond motifs is 1. The van der Waals surface area contributed by atoms with Gasteiger partial charge < -0.3 is 20.2 Å². The quantitative estimate of drug-likeness (QED) is 0.475. The van der Waals surface area contributed by atoms with Crippen LogP contribution in [0, 0.1) is 5.92 Å². The Hall–Kier alpha value is -1.86. The van der Waals surface area contributed by atoms with Crippen molar-refractivity contribution in [1.82, 2.24) is 14.4 Å². The predicted octanol–water partition coefficient (Wildman–Crippen LogP) is 0.588. The highest BCUT2D eigenvalue weighted by atomic mass is 16.3. The van der Waals surface area contributed by atoms with Crippen LogP contribution in [0.15, 0.2) is 18.6 Å². The summed E-state index contributed by atoms with van der Waals surface area (Å²) in [4.78, 5) is 8.65. The Morgan fingerprint density at radius 2 is 2.37 bits per heavy atom. The Morgan fingerprint density at radius 3 is 3.11 bits per heavy atom. The fourth-order valence-electron chi connectivity index (χ4n) is 2.59. The highest BCUT2D eigenvalue weighted by Crippen LogP contribution is 2.26. The molecule has 1 fully saturated rings. The van der Waals surface area contributed by atoms with Gasteiger partial charge in [0, 0.05) is 18.9 Å². The second kappa shape index (κ2) is 5.02. The molecule has 7 nitrogen and oxygen atoms in total. The molecule has 0 bridgehead atoms. The SMILES string of the molecule is NNc1cn2ccnc2c(NCC2CCC(O)C2)n1. The molecule has 7 heteroatoms. The summed E-state index contributed by atoms with van der Waals surface area (Å²) in [7, 11) is 0. The molecule has 1 saturated carbocycles. The van der Waals surface area contributed by atoms with Crippen molar-refractivity contribution in [3.63, 3.8) is 0 Å². The summed E-state index contributed by atoms with van der Waals surface area (Å²) < 4.78 is 1.87. The van der Waals surface area contributed by atoms with Gasteiger partial charge in [0.05, 0.1) is 12.3 Å². The van der Waals surface area contributed by atoms with Crippen molar-refractivity contribution in [2.75, 3.05) is 17.3 Å². The third-order valence-electron chi connectivity index (χ3n) is 3.59. The van der Waals surface area contributed by atoms with Gasteiger partial charge in [0.25, 0.3) is 0 Å². The first-order valence-corrected chi connectivity index (χ1v) is 6.48. The molecule has 1 aliphatic rings. The van der Waals surface area contributed by atoms with Crippen molar-refractivity contribution in [2.24, 2.45) is 11.8 Å². The highest BCUT2D eigenvalue weighted by molar-refractivity contribution is 5.65. The van der Waals surface area contributed by atoms with Crippen molar-refractivity contribution in [3.8, 4) is 0 Å².